The van der Waals surface area contributed by atoms with Crippen LogP contribution in [0.4, 0.5) is 11.9 Å². The molecule has 0 saturated carbocycles. The Balaban J connectivity index is 1.97. The fourth-order valence-electron chi connectivity index (χ4n) is 2.04. The molecule has 1 atom stereocenters. The van der Waals surface area contributed by atoms with Crippen molar-refractivity contribution in [2.24, 2.45) is 0 Å². The molecule has 1 aromatic heterocycles. The summed E-state index contributed by atoms with van der Waals surface area (Å²) in [6.45, 7) is 6.14. The molecule has 0 aromatic carbocycles. The number of rotatable bonds is 7. The summed E-state index contributed by atoms with van der Waals surface area (Å²) in [4.78, 5) is 12.8. The summed E-state index contributed by atoms with van der Waals surface area (Å²) >= 11 is 2.03. The van der Waals surface area contributed by atoms with Gasteiger partial charge in [-0.3, -0.25) is 0 Å². The van der Waals surface area contributed by atoms with E-state index in [1.165, 1.54) is 25.0 Å². The van der Waals surface area contributed by atoms with Crippen LogP contribution in [0.1, 0.15) is 33.1 Å². The van der Waals surface area contributed by atoms with Crippen molar-refractivity contribution >= 4 is 23.7 Å². The summed E-state index contributed by atoms with van der Waals surface area (Å²) in [6, 6.07) is 0.372. The molecule has 1 aliphatic rings. The van der Waals surface area contributed by atoms with Gasteiger partial charge >= 0.3 is 6.01 Å². The number of anilines is 2. The average Bonchev–Trinajstić information content (AvgIpc) is 2.47. The summed E-state index contributed by atoms with van der Waals surface area (Å²) in [5.41, 5.74) is 0. The highest BCUT2D eigenvalue weighted by molar-refractivity contribution is 7.99. The van der Waals surface area contributed by atoms with E-state index in [2.05, 4.69) is 25.6 Å². The van der Waals surface area contributed by atoms with E-state index in [9.17, 15) is 0 Å². The quantitative estimate of drug-likeness (QED) is 0.800. The number of aromatic nitrogens is 3. The highest BCUT2D eigenvalue weighted by Gasteiger charge is 2.14. The third-order valence-electron chi connectivity index (χ3n) is 2.99. The van der Waals surface area contributed by atoms with E-state index in [-0.39, 0.29) is 0 Å². The lowest BCUT2D eigenvalue weighted by atomic mass is 10.2. The zero-order valence-electron chi connectivity index (χ0n) is 12.2. The predicted octanol–water partition coefficient (Wildman–Crippen LogP) is 2.40. The molecule has 2 heterocycles. The van der Waals surface area contributed by atoms with Crippen LogP contribution in [0.2, 0.25) is 0 Å². The van der Waals surface area contributed by atoms with Crippen LogP contribution in [-0.2, 0) is 0 Å². The standard InChI is InChI=1S/C13H23N5OS/c1-3-14-11-16-12(18-13(17-11)19-4-2)15-9-10-7-5-6-8-20-10/h10H,3-9H2,1-2H3,(H2,14,15,16,17,18). The third-order valence-corrected chi connectivity index (χ3v) is 4.38. The van der Waals surface area contributed by atoms with E-state index in [0.29, 0.717) is 29.8 Å². The average molecular weight is 297 g/mol. The van der Waals surface area contributed by atoms with Crippen LogP contribution in [0.25, 0.3) is 0 Å². The maximum absolute atomic E-state index is 5.38. The molecule has 2 rings (SSSR count). The molecule has 7 heteroatoms. The van der Waals surface area contributed by atoms with E-state index in [4.69, 9.17) is 4.74 Å². The molecule has 1 unspecified atom stereocenters. The van der Waals surface area contributed by atoms with E-state index in [0.717, 1.165) is 13.1 Å². The number of hydrogen-bond acceptors (Lipinski definition) is 7. The van der Waals surface area contributed by atoms with Crippen molar-refractivity contribution in [2.75, 3.05) is 36.1 Å². The first-order valence-electron chi connectivity index (χ1n) is 7.30. The first-order chi connectivity index (χ1) is 9.81. The van der Waals surface area contributed by atoms with E-state index < -0.39 is 0 Å². The molecule has 1 saturated heterocycles. The topological polar surface area (TPSA) is 72.0 Å². The zero-order valence-corrected chi connectivity index (χ0v) is 13.0. The summed E-state index contributed by atoms with van der Waals surface area (Å²) in [5, 5.41) is 7.06. The lowest BCUT2D eigenvalue weighted by Crippen LogP contribution is -2.21. The van der Waals surface area contributed by atoms with E-state index in [1.54, 1.807) is 0 Å². The van der Waals surface area contributed by atoms with Crippen molar-refractivity contribution < 1.29 is 4.74 Å². The molecule has 1 aromatic rings. The molecule has 2 N–H and O–H groups in total. The summed E-state index contributed by atoms with van der Waals surface area (Å²) in [6.07, 6.45) is 3.93. The Morgan fingerprint density at radius 3 is 2.60 bits per heavy atom. The largest absolute Gasteiger partial charge is 0.464 e. The number of ether oxygens (including phenoxy) is 1. The van der Waals surface area contributed by atoms with Crippen LogP contribution >= 0.6 is 11.8 Å². The third kappa shape index (κ3) is 4.70. The van der Waals surface area contributed by atoms with Crippen molar-refractivity contribution in [1.82, 2.24) is 15.0 Å². The molecule has 1 aliphatic heterocycles. The van der Waals surface area contributed by atoms with Gasteiger partial charge < -0.3 is 15.4 Å². The van der Waals surface area contributed by atoms with Crippen molar-refractivity contribution in [2.45, 2.75) is 38.4 Å². The van der Waals surface area contributed by atoms with Crippen molar-refractivity contribution in [3.8, 4) is 6.01 Å². The summed E-state index contributed by atoms with van der Waals surface area (Å²) in [7, 11) is 0. The smallest absolute Gasteiger partial charge is 0.323 e. The first kappa shape index (κ1) is 15.2. The molecule has 112 valence electrons. The van der Waals surface area contributed by atoms with Gasteiger partial charge in [0.05, 0.1) is 6.61 Å². The van der Waals surface area contributed by atoms with Crippen LogP contribution in [0, 0.1) is 0 Å². The normalized spacial score (nSPS) is 18.6. The molecule has 1 fully saturated rings. The highest BCUT2D eigenvalue weighted by atomic mass is 32.2. The fourth-order valence-corrected chi connectivity index (χ4v) is 3.28. The van der Waals surface area contributed by atoms with Crippen LogP contribution in [0.3, 0.4) is 0 Å². The lowest BCUT2D eigenvalue weighted by Gasteiger charge is -2.21. The SMILES string of the molecule is CCNc1nc(NCC2CCCCS2)nc(OCC)n1. The maximum Gasteiger partial charge on any atom is 0.323 e. The van der Waals surface area contributed by atoms with Gasteiger partial charge in [-0.05, 0) is 32.4 Å². The van der Waals surface area contributed by atoms with Gasteiger partial charge in [0.25, 0.3) is 0 Å². The van der Waals surface area contributed by atoms with Gasteiger partial charge in [-0.25, -0.2) is 0 Å². The molecule has 6 nitrogen and oxygen atoms in total. The van der Waals surface area contributed by atoms with Gasteiger partial charge in [0, 0.05) is 18.3 Å². The fraction of sp³-hybridized carbons (Fsp3) is 0.769. The minimum Gasteiger partial charge on any atom is -0.464 e. The van der Waals surface area contributed by atoms with Gasteiger partial charge in [-0.1, -0.05) is 6.42 Å². The van der Waals surface area contributed by atoms with Gasteiger partial charge in [-0.15, -0.1) is 0 Å². The van der Waals surface area contributed by atoms with Gasteiger partial charge in [0.2, 0.25) is 11.9 Å². The van der Waals surface area contributed by atoms with Gasteiger partial charge in [0.15, 0.2) is 0 Å². The molecular formula is C13H23N5OS. The summed E-state index contributed by atoms with van der Waals surface area (Å²) in [5.74, 6) is 2.41. The highest BCUT2D eigenvalue weighted by Crippen LogP contribution is 2.25. The number of nitrogens with zero attached hydrogens (tertiary/aromatic N) is 3. The van der Waals surface area contributed by atoms with Crippen LogP contribution < -0.4 is 15.4 Å². The predicted molar refractivity (Wildman–Crippen MR) is 83.7 cm³/mol. The molecular weight excluding hydrogens is 274 g/mol. The van der Waals surface area contributed by atoms with Crippen molar-refractivity contribution in [1.29, 1.82) is 0 Å². The zero-order chi connectivity index (χ0) is 14.2. The van der Waals surface area contributed by atoms with Gasteiger partial charge in [-0.2, -0.15) is 26.7 Å². The number of thioether (sulfide) groups is 1. The maximum atomic E-state index is 5.38. The van der Waals surface area contributed by atoms with Crippen molar-refractivity contribution in [3.05, 3.63) is 0 Å². The Morgan fingerprint density at radius 2 is 1.95 bits per heavy atom. The summed E-state index contributed by atoms with van der Waals surface area (Å²) < 4.78 is 5.38. The molecule has 0 aliphatic carbocycles. The molecule has 0 radical (unpaired) electrons. The first-order valence-corrected chi connectivity index (χ1v) is 8.35. The molecule has 20 heavy (non-hydrogen) atoms. The number of nitrogens with one attached hydrogen (secondary N) is 2. The van der Waals surface area contributed by atoms with Crippen LogP contribution in [0.15, 0.2) is 0 Å². The van der Waals surface area contributed by atoms with Crippen molar-refractivity contribution in [3.63, 3.8) is 0 Å². The Hall–Kier alpha value is -1.24. The number of hydrogen-bond donors (Lipinski definition) is 2. The minimum atomic E-state index is 0.372. The second kappa shape index (κ2) is 8.14. The Bertz CT molecular complexity index is 387. The Labute approximate surface area is 124 Å². The monoisotopic (exact) mass is 297 g/mol. The van der Waals surface area contributed by atoms with E-state index >= 15 is 0 Å². The molecule has 0 spiro atoms. The van der Waals surface area contributed by atoms with E-state index in [1.807, 2.05) is 25.6 Å². The lowest BCUT2D eigenvalue weighted by molar-refractivity contribution is 0.312. The van der Waals surface area contributed by atoms with Crippen LogP contribution in [-0.4, -0.2) is 45.7 Å². The Morgan fingerprint density at radius 1 is 1.15 bits per heavy atom. The molecule has 0 amide bonds. The molecule has 0 bridgehead atoms. The Kier molecular flexibility index (Phi) is 6.17. The van der Waals surface area contributed by atoms with Gasteiger partial charge in [0.1, 0.15) is 0 Å². The van der Waals surface area contributed by atoms with Crippen LogP contribution in [0.5, 0.6) is 6.01 Å². The second-order valence-electron chi connectivity index (χ2n) is 4.60. The minimum absolute atomic E-state index is 0.372. The second-order valence-corrected chi connectivity index (χ2v) is 6.01.